The van der Waals surface area contributed by atoms with Gasteiger partial charge in [0, 0.05) is 45.0 Å². The standard InChI is InChI=1S/C44H60N4O10/c1-11-28(4)39(58-44(55)36(46(5)6)25-31-16-22-34(56-9)23-17-31)40(51)45-38(27(2)3)42(53)47(7)35(24-29-12-18-32(49)19-13-29)41(52)48(8)37(43(54)57-10)26-30-14-20-33(50)21-15-30/h12-23,27-28,35-39,49-50H,11,24-26H2,1-10H3,(H,45,51)/p+1/t28-,35+,36+,37-,38+,39+/m0/s1. The van der Waals surface area contributed by atoms with E-state index >= 15 is 0 Å². The van der Waals surface area contributed by atoms with Crippen LogP contribution in [0, 0.1) is 11.8 Å². The van der Waals surface area contributed by atoms with E-state index in [9.17, 15) is 29.1 Å². The summed E-state index contributed by atoms with van der Waals surface area (Å²) in [5.41, 5.74) is 2.20. The molecule has 0 unspecified atom stereocenters. The maximum absolute atomic E-state index is 14.5. The second-order valence-corrected chi connectivity index (χ2v) is 15.2. The van der Waals surface area contributed by atoms with Gasteiger partial charge in [-0.05, 0) is 85.9 Å². The van der Waals surface area contributed by atoms with Crippen LogP contribution < -0.4 is 10.1 Å². The Morgan fingerprint density at radius 2 is 1.17 bits per heavy atom. The lowest BCUT2D eigenvalue weighted by Gasteiger charge is -2.36. The summed E-state index contributed by atoms with van der Waals surface area (Å²) < 4.78 is 16.3. The van der Waals surface area contributed by atoms with Crippen molar-refractivity contribution in [3.8, 4) is 17.2 Å². The van der Waals surface area contributed by atoms with Crippen molar-refractivity contribution in [2.75, 3.05) is 42.4 Å². The number of carbonyl (C=O) groups excluding carboxylic acids is 5. The molecule has 4 N–H and O–H groups in total. The third-order valence-electron chi connectivity index (χ3n) is 10.5. The van der Waals surface area contributed by atoms with E-state index in [1.165, 1.54) is 43.1 Å². The quantitative estimate of drug-likeness (QED) is 0.126. The first-order valence-electron chi connectivity index (χ1n) is 19.4. The van der Waals surface area contributed by atoms with Crippen molar-refractivity contribution >= 4 is 29.7 Å². The van der Waals surface area contributed by atoms with Gasteiger partial charge in [-0.25, -0.2) is 4.79 Å². The Bertz CT molecular complexity index is 1820. The van der Waals surface area contributed by atoms with E-state index in [0.717, 1.165) is 5.56 Å². The number of amides is 3. The van der Waals surface area contributed by atoms with Crippen molar-refractivity contribution in [3.05, 3.63) is 89.5 Å². The number of methoxy groups -OCH3 is 2. The number of ether oxygens (including phenoxy) is 3. The average molecular weight is 806 g/mol. The fourth-order valence-corrected chi connectivity index (χ4v) is 6.44. The molecule has 14 heteroatoms. The molecule has 316 valence electrons. The van der Waals surface area contributed by atoms with Crippen LogP contribution in [0.15, 0.2) is 72.8 Å². The Morgan fingerprint density at radius 1 is 0.690 bits per heavy atom. The van der Waals surface area contributed by atoms with Crippen molar-refractivity contribution in [1.29, 1.82) is 0 Å². The zero-order valence-electron chi connectivity index (χ0n) is 35.4. The molecule has 3 aromatic rings. The van der Waals surface area contributed by atoms with Gasteiger partial charge in [0.15, 0.2) is 6.10 Å². The normalized spacial score (nSPS) is 14.3. The number of likely N-dealkylation sites (N-methyl/N-ethyl adjacent to an activating group) is 3. The van der Waals surface area contributed by atoms with Gasteiger partial charge in [-0.2, -0.15) is 0 Å². The minimum atomic E-state index is -1.22. The molecule has 0 aliphatic carbocycles. The highest BCUT2D eigenvalue weighted by Crippen LogP contribution is 2.22. The molecule has 6 atom stereocenters. The summed E-state index contributed by atoms with van der Waals surface area (Å²) in [6.45, 7) is 7.19. The Hall–Kier alpha value is -5.63. The monoisotopic (exact) mass is 805 g/mol. The molecule has 0 aliphatic heterocycles. The summed E-state index contributed by atoms with van der Waals surface area (Å²) in [6.07, 6.45) is -0.295. The molecule has 0 bridgehead atoms. The summed E-state index contributed by atoms with van der Waals surface area (Å²) in [6, 6.07) is 16.0. The van der Waals surface area contributed by atoms with Crippen LogP contribution in [0.3, 0.4) is 0 Å². The van der Waals surface area contributed by atoms with E-state index in [0.29, 0.717) is 35.5 Å². The maximum atomic E-state index is 14.5. The first-order chi connectivity index (χ1) is 27.4. The van der Waals surface area contributed by atoms with Gasteiger partial charge in [0.1, 0.15) is 35.7 Å². The summed E-state index contributed by atoms with van der Waals surface area (Å²) in [5, 5.41) is 20.6. The predicted octanol–water partition coefficient (Wildman–Crippen LogP) is 3.72. The lowest BCUT2D eigenvalue weighted by atomic mass is 9.96. The molecule has 0 spiro atoms. The van der Waals surface area contributed by atoms with Crippen LogP contribution in [0.5, 0.6) is 17.2 Å². The number of rotatable bonds is 20. The van der Waals surface area contributed by atoms with E-state index in [-0.39, 0.29) is 18.6 Å². The molecule has 58 heavy (non-hydrogen) atoms. The van der Waals surface area contributed by atoms with Crippen molar-refractivity contribution in [2.24, 2.45) is 11.8 Å². The van der Waals surface area contributed by atoms with Gasteiger partial charge in [-0.3, -0.25) is 24.1 Å². The number of phenolic OH excluding ortho intramolecular Hbond substituents is 1. The first-order valence-corrected chi connectivity index (χ1v) is 19.4. The minimum Gasteiger partial charge on any atom is -0.593 e. The highest BCUT2D eigenvalue weighted by molar-refractivity contribution is 5.95. The third-order valence-corrected chi connectivity index (χ3v) is 10.5. The van der Waals surface area contributed by atoms with Crippen molar-refractivity contribution in [2.45, 2.75) is 83.6 Å². The van der Waals surface area contributed by atoms with Gasteiger partial charge in [-0.15, -0.1) is 0 Å². The summed E-state index contributed by atoms with van der Waals surface area (Å²) in [5.74, 6) is -2.91. The van der Waals surface area contributed by atoms with Crippen LogP contribution in [0.2, 0.25) is 0 Å². The molecule has 0 aliphatic rings. The molecular formula is C44H61N4O10+. The zero-order valence-corrected chi connectivity index (χ0v) is 35.4. The van der Waals surface area contributed by atoms with Gasteiger partial charge >= 0.3 is 11.9 Å². The van der Waals surface area contributed by atoms with E-state index in [2.05, 4.69) is 5.32 Å². The van der Waals surface area contributed by atoms with Crippen LogP contribution in [0.1, 0.15) is 50.8 Å². The third kappa shape index (κ3) is 12.7. The molecule has 3 rings (SSSR count). The Kier molecular flexibility index (Phi) is 17.5. The van der Waals surface area contributed by atoms with Crippen molar-refractivity contribution < 1.29 is 48.4 Å². The van der Waals surface area contributed by atoms with Gasteiger partial charge in [0.2, 0.25) is 11.8 Å². The van der Waals surface area contributed by atoms with E-state index in [1.54, 1.807) is 95.4 Å². The number of benzene rings is 3. The van der Waals surface area contributed by atoms with Gasteiger partial charge in [-0.1, -0.05) is 52.0 Å². The number of hydrogen-bond donors (Lipinski definition) is 2. The van der Waals surface area contributed by atoms with Gasteiger partial charge < -0.3 is 39.5 Å². The zero-order chi connectivity index (χ0) is 43.3. The lowest BCUT2D eigenvalue weighted by Crippen LogP contribution is -2.59. The molecule has 0 aromatic heterocycles. The van der Waals surface area contributed by atoms with Crippen LogP contribution in [-0.4, -0.2) is 127 Å². The van der Waals surface area contributed by atoms with Gasteiger partial charge in [0.25, 0.3) is 11.7 Å². The number of esters is 2. The van der Waals surface area contributed by atoms with E-state index < -0.39 is 71.8 Å². The molecule has 0 saturated heterocycles. The van der Waals surface area contributed by atoms with E-state index in [1.807, 2.05) is 19.1 Å². The molecule has 3 amide bonds. The fourth-order valence-electron chi connectivity index (χ4n) is 6.44. The molecular weight excluding hydrogens is 745 g/mol. The molecule has 0 saturated carbocycles. The number of carbonyl (C=O) groups is 5. The lowest BCUT2D eigenvalue weighted by molar-refractivity contribution is -0.164. The average Bonchev–Trinajstić information content (AvgIpc) is 3.21. The van der Waals surface area contributed by atoms with Crippen LogP contribution in [-0.2, 0) is 52.7 Å². The predicted molar refractivity (Wildman–Crippen MR) is 220 cm³/mol. The molecule has 0 fully saturated rings. The van der Waals surface area contributed by atoms with Crippen LogP contribution >= 0.6 is 0 Å². The summed E-state index contributed by atoms with van der Waals surface area (Å²) in [7, 11) is 9.25. The molecule has 3 aromatic carbocycles. The number of aromatic hydroxyl groups is 1. The molecule has 0 heterocycles. The van der Waals surface area contributed by atoms with Crippen LogP contribution in [0.25, 0.3) is 0 Å². The number of hydrogen-bond acceptors (Lipinski definition) is 10. The Labute approximate surface area is 342 Å². The van der Waals surface area contributed by atoms with E-state index in [4.69, 9.17) is 19.3 Å². The SMILES string of the molecule is CC[C@H](C)[C@@H](OC(=O)[C@@H](Cc1ccc(OC)cc1)N(C)C)C(=O)N[C@@H](C(=O)N(C)[C@H](Cc1ccc(O)cc1)C(=O)N(C)[C@@H](Cc1ccc([OH2+])cc1)C(=O)OC)C(C)C. The second-order valence-electron chi connectivity index (χ2n) is 15.2. The number of nitrogens with zero attached hydrogens (tertiary/aromatic N) is 3. The highest BCUT2D eigenvalue weighted by atomic mass is 16.6. The first kappa shape index (κ1) is 46.8. The number of nitrogens with one attached hydrogen (secondary N) is 1. The Morgan fingerprint density at radius 3 is 1.66 bits per heavy atom. The van der Waals surface area contributed by atoms with Crippen LogP contribution in [0.4, 0.5) is 0 Å². The smallest absolute Gasteiger partial charge is 0.328 e. The molecule has 0 radical (unpaired) electrons. The summed E-state index contributed by atoms with van der Waals surface area (Å²) >= 11 is 0. The van der Waals surface area contributed by atoms with Crippen molar-refractivity contribution in [1.82, 2.24) is 20.0 Å². The second kappa shape index (κ2) is 21.8. The highest BCUT2D eigenvalue weighted by Gasteiger charge is 2.40. The topological polar surface area (TPSA) is 178 Å². The molecule has 14 nitrogen and oxygen atoms in total. The minimum absolute atomic E-state index is 0.0130. The van der Waals surface area contributed by atoms with Crippen molar-refractivity contribution in [3.63, 3.8) is 0 Å². The fraction of sp³-hybridized carbons (Fsp3) is 0.477. The maximum Gasteiger partial charge on any atom is 0.328 e. The Balaban J connectivity index is 1.92. The largest absolute Gasteiger partial charge is 0.593 e. The number of phenols is 1. The summed E-state index contributed by atoms with van der Waals surface area (Å²) in [4.78, 5) is 74.3. The van der Waals surface area contributed by atoms with Gasteiger partial charge in [0.05, 0.1) is 14.2 Å².